The maximum absolute atomic E-state index is 12.1. The number of carbonyl (C=O) groups excluding carboxylic acids is 1. The third-order valence-electron chi connectivity index (χ3n) is 3.59. The Bertz CT molecular complexity index is 578. The van der Waals surface area contributed by atoms with Crippen molar-refractivity contribution in [3.8, 4) is 0 Å². The van der Waals surface area contributed by atoms with Crippen molar-refractivity contribution in [2.45, 2.75) is 32.4 Å². The molecule has 0 radical (unpaired) electrons. The Hall–Kier alpha value is -2.13. The van der Waals surface area contributed by atoms with Gasteiger partial charge in [0.15, 0.2) is 0 Å². The van der Waals surface area contributed by atoms with E-state index < -0.39 is 0 Å². The Labute approximate surface area is 126 Å². The van der Waals surface area contributed by atoms with Crippen LogP contribution in [0.2, 0.25) is 0 Å². The van der Waals surface area contributed by atoms with Gasteiger partial charge in [-0.15, -0.1) is 0 Å². The predicted molar refractivity (Wildman–Crippen MR) is 85.7 cm³/mol. The third-order valence-corrected chi connectivity index (χ3v) is 3.59. The first kappa shape index (κ1) is 15.3. The van der Waals surface area contributed by atoms with E-state index >= 15 is 0 Å². The molecule has 0 fully saturated rings. The number of nitrogens with one attached hydrogen (secondary N) is 1. The molecule has 3 N–H and O–H groups in total. The molecule has 0 aliphatic rings. The molecule has 2 atom stereocenters. The van der Waals surface area contributed by atoms with Crippen molar-refractivity contribution < 1.29 is 4.79 Å². The van der Waals surface area contributed by atoms with Crippen LogP contribution < -0.4 is 11.1 Å². The maximum atomic E-state index is 12.1. The zero-order valence-corrected chi connectivity index (χ0v) is 12.5. The van der Waals surface area contributed by atoms with E-state index in [1.165, 1.54) is 5.56 Å². The van der Waals surface area contributed by atoms with Crippen molar-refractivity contribution >= 4 is 5.91 Å². The summed E-state index contributed by atoms with van der Waals surface area (Å²) in [6.45, 7) is 4.03. The van der Waals surface area contributed by atoms with Gasteiger partial charge >= 0.3 is 0 Å². The van der Waals surface area contributed by atoms with Gasteiger partial charge in [-0.1, -0.05) is 60.2 Å². The van der Waals surface area contributed by atoms with E-state index in [-0.39, 0.29) is 18.0 Å². The van der Waals surface area contributed by atoms with Gasteiger partial charge in [0.1, 0.15) is 0 Å². The molecule has 0 spiro atoms. The Kier molecular flexibility index (Phi) is 5.12. The average Bonchev–Trinajstić information content (AvgIpc) is 2.48. The summed E-state index contributed by atoms with van der Waals surface area (Å²) < 4.78 is 0. The van der Waals surface area contributed by atoms with Gasteiger partial charge in [0, 0.05) is 12.5 Å². The molecule has 0 saturated heterocycles. The molecule has 2 aromatic rings. The highest BCUT2D eigenvalue weighted by Crippen LogP contribution is 2.16. The van der Waals surface area contributed by atoms with Crippen LogP contribution in [-0.2, 0) is 4.79 Å². The van der Waals surface area contributed by atoms with Crippen molar-refractivity contribution in [2.75, 3.05) is 0 Å². The zero-order valence-electron chi connectivity index (χ0n) is 12.5. The minimum atomic E-state index is -0.267. The molecule has 3 heteroatoms. The van der Waals surface area contributed by atoms with E-state index in [9.17, 15) is 4.79 Å². The van der Waals surface area contributed by atoms with Crippen molar-refractivity contribution in [3.63, 3.8) is 0 Å². The highest BCUT2D eigenvalue weighted by atomic mass is 16.1. The number of amides is 1. The second kappa shape index (κ2) is 7.04. The van der Waals surface area contributed by atoms with Crippen LogP contribution in [0.25, 0.3) is 0 Å². The van der Waals surface area contributed by atoms with E-state index in [1.54, 1.807) is 0 Å². The first-order chi connectivity index (χ1) is 10.1. The van der Waals surface area contributed by atoms with Crippen LogP contribution in [0.15, 0.2) is 54.6 Å². The number of hydrogen-bond donors (Lipinski definition) is 2. The summed E-state index contributed by atoms with van der Waals surface area (Å²) in [6.07, 6.45) is 0.292. The van der Waals surface area contributed by atoms with Crippen LogP contribution in [0.3, 0.4) is 0 Å². The molecular weight excluding hydrogens is 260 g/mol. The van der Waals surface area contributed by atoms with Gasteiger partial charge < -0.3 is 11.1 Å². The summed E-state index contributed by atoms with van der Waals surface area (Å²) in [5.41, 5.74) is 9.36. The summed E-state index contributed by atoms with van der Waals surface area (Å²) in [7, 11) is 0. The molecule has 2 rings (SSSR count). The molecule has 0 aliphatic heterocycles. The zero-order chi connectivity index (χ0) is 15.2. The maximum Gasteiger partial charge on any atom is 0.222 e. The second-order valence-electron chi connectivity index (χ2n) is 5.42. The minimum absolute atomic E-state index is 0.0129. The normalized spacial score (nSPS) is 13.5. The van der Waals surface area contributed by atoms with Crippen LogP contribution in [0.1, 0.15) is 42.1 Å². The van der Waals surface area contributed by atoms with Crippen molar-refractivity contribution in [2.24, 2.45) is 5.73 Å². The Morgan fingerprint density at radius 2 is 1.67 bits per heavy atom. The average molecular weight is 282 g/mol. The highest BCUT2D eigenvalue weighted by Gasteiger charge is 2.14. The Morgan fingerprint density at radius 3 is 2.29 bits per heavy atom. The minimum Gasteiger partial charge on any atom is -0.350 e. The number of carbonyl (C=O) groups is 1. The van der Waals surface area contributed by atoms with Crippen molar-refractivity contribution in [3.05, 3.63) is 71.3 Å². The fraction of sp³-hybridized carbons (Fsp3) is 0.278. The Morgan fingerprint density at radius 1 is 1.05 bits per heavy atom. The molecule has 0 heterocycles. The molecule has 0 aliphatic carbocycles. The van der Waals surface area contributed by atoms with Gasteiger partial charge in [0.25, 0.3) is 0 Å². The van der Waals surface area contributed by atoms with Crippen molar-refractivity contribution in [1.29, 1.82) is 0 Å². The number of hydrogen-bond acceptors (Lipinski definition) is 2. The van der Waals surface area contributed by atoms with E-state index in [4.69, 9.17) is 5.73 Å². The lowest BCUT2D eigenvalue weighted by Crippen LogP contribution is -2.29. The molecule has 1 unspecified atom stereocenters. The quantitative estimate of drug-likeness (QED) is 0.884. The Balaban J connectivity index is 1.91. The van der Waals surface area contributed by atoms with E-state index in [0.29, 0.717) is 6.42 Å². The number of nitrogens with two attached hydrogens (primary N) is 1. The second-order valence-corrected chi connectivity index (χ2v) is 5.42. The summed E-state index contributed by atoms with van der Waals surface area (Å²) >= 11 is 0. The third kappa shape index (κ3) is 4.43. The van der Waals surface area contributed by atoms with E-state index in [2.05, 4.69) is 5.32 Å². The monoisotopic (exact) mass is 282 g/mol. The summed E-state index contributed by atoms with van der Waals surface area (Å²) in [5.74, 6) is -0.0283. The summed E-state index contributed by atoms with van der Waals surface area (Å²) in [5, 5.41) is 3.00. The van der Waals surface area contributed by atoms with Gasteiger partial charge in [-0.25, -0.2) is 0 Å². The highest BCUT2D eigenvalue weighted by molar-refractivity contribution is 5.77. The van der Waals surface area contributed by atoms with Crippen LogP contribution in [0.4, 0.5) is 0 Å². The molecule has 110 valence electrons. The lowest BCUT2D eigenvalue weighted by atomic mass is 10.0. The summed E-state index contributed by atoms with van der Waals surface area (Å²) in [4.78, 5) is 12.1. The van der Waals surface area contributed by atoms with Crippen LogP contribution >= 0.6 is 0 Å². The number of benzene rings is 2. The number of rotatable bonds is 5. The molecule has 2 aromatic carbocycles. The standard InChI is InChI=1S/C18H22N2O/c1-13-8-10-15(11-9-13)14(2)20-18(21)12-17(19)16-6-4-3-5-7-16/h3-11,14,17H,12,19H2,1-2H3,(H,20,21)/t14-,17?/m1/s1. The predicted octanol–water partition coefficient (Wildman–Crippen LogP) is 3.26. The molecule has 0 saturated carbocycles. The first-order valence-corrected chi connectivity index (χ1v) is 7.22. The lowest BCUT2D eigenvalue weighted by molar-refractivity contribution is -0.122. The number of aryl methyl sites for hydroxylation is 1. The van der Waals surface area contributed by atoms with Crippen molar-refractivity contribution in [1.82, 2.24) is 5.32 Å². The smallest absolute Gasteiger partial charge is 0.222 e. The fourth-order valence-corrected chi connectivity index (χ4v) is 2.26. The van der Waals surface area contributed by atoms with Gasteiger partial charge in [-0.3, -0.25) is 4.79 Å². The first-order valence-electron chi connectivity index (χ1n) is 7.22. The molecule has 1 amide bonds. The van der Waals surface area contributed by atoms with E-state index in [1.807, 2.05) is 68.4 Å². The van der Waals surface area contributed by atoms with Gasteiger partial charge in [0.2, 0.25) is 5.91 Å². The largest absolute Gasteiger partial charge is 0.350 e. The SMILES string of the molecule is Cc1ccc([C@@H](C)NC(=O)CC(N)c2ccccc2)cc1. The molecule has 3 nitrogen and oxygen atoms in total. The van der Waals surface area contributed by atoms with Crippen LogP contribution in [0.5, 0.6) is 0 Å². The van der Waals surface area contributed by atoms with E-state index in [0.717, 1.165) is 11.1 Å². The summed E-state index contributed by atoms with van der Waals surface area (Å²) in [6, 6.07) is 17.6. The van der Waals surface area contributed by atoms with Crippen LogP contribution in [-0.4, -0.2) is 5.91 Å². The van der Waals surface area contributed by atoms with Crippen LogP contribution in [0, 0.1) is 6.92 Å². The van der Waals surface area contributed by atoms with Gasteiger partial charge in [0.05, 0.1) is 6.04 Å². The molecule has 0 aromatic heterocycles. The van der Waals surface area contributed by atoms with Gasteiger partial charge in [-0.05, 0) is 25.0 Å². The topological polar surface area (TPSA) is 55.1 Å². The lowest BCUT2D eigenvalue weighted by Gasteiger charge is -2.17. The fourth-order valence-electron chi connectivity index (χ4n) is 2.26. The molecule has 0 bridgehead atoms. The van der Waals surface area contributed by atoms with Gasteiger partial charge in [-0.2, -0.15) is 0 Å². The molecule has 21 heavy (non-hydrogen) atoms. The molecular formula is C18H22N2O.